The van der Waals surface area contributed by atoms with E-state index in [1.54, 1.807) is 24.3 Å². The molecule has 0 amide bonds. The average Bonchev–Trinajstić information content (AvgIpc) is 2.59. The van der Waals surface area contributed by atoms with Crippen molar-refractivity contribution in [3.8, 4) is 5.75 Å². The van der Waals surface area contributed by atoms with Gasteiger partial charge in [-0.1, -0.05) is 36.4 Å². The molecule has 3 aromatic rings. The minimum absolute atomic E-state index is 0.0803. The van der Waals surface area contributed by atoms with E-state index in [-0.39, 0.29) is 6.61 Å². The van der Waals surface area contributed by atoms with Crippen molar-refractivity contribution in [2.75, 3.05) is 5.73 Å². The van der Waals surface area contributed by atoms with Gasteiger partial charge in [0.05, 0.1) is 16.9 Å². The number of nitrogens with zero attached hydrogens (tertiary/aromatic N) is 1. The van der Waals surface area contributed by atoms with Gasteiger partial charge in [0.2, 0.25) is 0 Å². The van der Waals surface area contributed by atoms with E-state index in [4.69, 9.17) is 9.92 Å². The summed E-state index contributed by atoms with van der Waals surface area (Å²) in [5.41, 5.74) is 7.41. The van der Waals surface area contributed by atoms with Crippen molar-refractivity contribution in [1.29, 1.82) is 0 Å². The third kappa shape index (κ3) is 3.69. The summed E-state index contributed by atoms with van der Waals surface area (Å²) in [4.78, 5) is 15.5. The zero-order valence-corrected chi connectivity index (χ0v) is 13.4. The molecule has 0 bridgehead atoms. The van der Waals surface area contributed by atoms with Gasteiger partial charge in [-0.2, -0.15) is 0 Å². The molecule has 0 aliphatic carbocycles. The van der Waals surface area contributed by atoms with E-state index in [0.717, 1.165) is 21.4 Å². The molecule has 0 unspecified atom stereocenters. The van der Waals surface area contributed by atoms with Crippen LogP contribution in [-0.4, -0.2) is 5.09 Å². The first-order chi connectivity index (χ1) is 11.6. The van der Waals surface area contributed by atoms with Crippen LogP contribution in [0, 0.1) is 10.1 Å². The molecule has 0 saturated carbocycles. The molecule has 2 N–H and O–H groups in total. The lowest BCUT2D eigenvalue weighted by Gasteiger charge is -2.09. The smallest absolute Gasteiger partial charge is 0.294 e. The largest absolute Gasteiger partial charge is 0.421 e. The summed E-state index contributed by atoms with van der Waals surface area (Å²) in [6.07, 6.45) is 0. The lowest BCUT2D eigenvalue weighted by molar-refractivity contribution is -0.763. The second kappa shape index (κ2) is 7.10. The first-order valence-corrected chi connectivity index (χ1v) is 7.85. The van der Waals surface area contributed by atoms with Gasteiger partial charge in [-0.15, -0.1) is 10.1 Å². The molecule has 0 heterocycles. The van der Waals surface area contributed by atoms with E-state index in [2.05, 4.69) is 4.84 Å². The van der Waals surface area contributed by atoms with Gasteiger partial charge in [0.15, 0.2) is 0 Å². The quantitative estimate of drug-likeness (QED) is 0.312. The standard InChI is InChI=1S/C17H14N2O4S/c18-16-5-1-4-15-14(16)3-2-6-17(15)24-23-13-9-7-12(8-10-13)11-22-19(20)21/h1-10H,11,18H2. The molecule has 7 heteroatoms. The second-order valence-electron chi connectivity index (χ2n) is 5.01. The maximum atomic E-state index is 10.2. The summed E-state index contributed by atoms with van der Waals surface area (Å²) in [7, 11) is 0. The number of benzene rings is 3. The summed E-state index contributed by atoms with van der Waals surface area (Å²) in [6.45, 7) is -0.0803. The van der Waals surface area contributed by atoms with Crippen LogP contribution in [0.4, 0.5) is 5.69 Å². The third-order valence-corrected chi connectivity index (χ3v) is 4.21. The Kier molecular flexibility index (Phi) is 4.72. The lowest BCUT2D eigenvalue weighted by atomic mass is 10.1. The van der Waals surface area contributed by atoms with E-state index in [1.807, 2.05) is 36.4 Å². The predicted molar refractivity (Wildman–Crippen MR) is 93.1 cm³/mol. The fourth-order valence-electron chi connectivity index (χ4n) is 2.24. The molecule has 3 aromatic carbocycles. The van der Waals surface area contributed by atoms with Gasteiger partial charge in [0.1, 0.15) is 12.4 Å². The Bertz CT molecular complexity index is 868. The number of rotatable bonds is 6. The Hall–Kier alpha value is -2.93. The van der Waals surface area contributed by atoms with E-state index < -0.39 is 5.09 Å². The highest BCUT2D eigenvalue weighted by Crippen LogP contribution is 2.32. The summed E-state index contributed by atoms with van der Waals surface area (Å²) in [5.74, 6) is 0.644. The first kappa shape index (κ1) is 15.9. The van der Waals surface area contributed by atoms with Gasteiger partial charge in [-0.25, -0.2) is 0 Å². The SMILES string of the molecule is Nc1cccc2c(SOc3ccc(CO[N+](=O)[O-])cc3)cccc12. The molecular weight excluding hydrogens is 328 g/mol. The fraction of sp³-hybridized carbons (Fsp3) is 0.0588. The van der Waals surface area contributed by atoms with Crippen LogP contribution in [0.5, 0.6) is 5.75 Å². The molecule has 24 heavy (non-hydrogen) atoms. The zero-order valence-electron chi connectivity index (χ0n) is 12.5. The number of hydrogen-bond acceptors (Lipinski definition) is 6. The molecule has 0 spiro atoms. The van der Waals surface area contributed by atoms with Crippen LogP contribution in [0.3, 0.4) is 0 Å². The van der Waals surface area contributed by atoms with Gasteiger partial charge in [-0.3, -0.25) is 0 Å². The monoisotopic (exact) mass is 342 g/mol. The minimum Gasteiger partial charge on any atom is -0.421 e. The third-order valence-electron chi connectivity index (χ3n) is 3.40. The Morgan fingerprint density at radius 3 is 2.46 bits per heavy atom. The maximum absolute atomic E-state index is 10.2. The summed E-state index contributed by atoms with van der Waals surface area (Å²) in [6, 6.07) is 18.6. The van der Waals surface area contributed by atoms with E-state index in [0.29, 0.717) is 11.3 Å². The minimum atomic E-state index is -0.813. The van der Waals surface area contributed by atoms with Crippen LogP contribution in [0.2, 0.25) is 0 Å². The normalized spacial score (nSPS) is 10.5. The average molecular weight is 342 g/mol. The van der Waals surface area contributed by atoms with Gasteiger partial charge in [0.25, 0.3) is 5.09 Å². The van der Waals surface area contributed by atoms with Crippen molar-refractivity contribution in [1.82, 2.24) is 0 Å². The van der Waals surface area contributed by atoms with Gasteiger partial charge >= 0.3 is 0 Å². The Morgan fingerprint density at radius 1 is 1.00 bits per heavy atom. The maximum Gasteiger partial charge on any atom is 0.294 e. The summed E-state index contributed by atoms with van der Waals surface area (Å²) < 4.78 is 5.72. The molecule has 0 saturated heterocycles. The van der Waals surface area contributed by atoms with Crippen molar-refractivity contribution < 1.29 is 14.1 Å². The molecule has 6 nitrogen and oxygen atoms in total. The molecule has 0 aromatic heterocycles. The highest BCUT2D eigenvalue weighted by molar-refractivity contribution is 7.95. The second-order valence-corrected chi connectivity index (χ2v) is 5.78. The molecule has 0 atom stereocenters. The van der Waals surface area contributed by atoms with E-state index in [9.17, 15) is 10.1 Å². The predicted octanol–water partition coefficient (Wildman–Crippen LogP) is 4.22. The van der Waals surface area contributed by atoms with E-state index in [1.165, 1.54) is 12.0 Å². The summed E-state index contributed by atoms with van der Waals surface area (Å²) in [5, 5.41) is 11.4. The fourth-order valence-corrected chi connectivity index (χ4v) is 2.94. The molecule has 3 rings (SSSR count). The van der Waals surface area contributed by atoms with Gasteiger partial charge < -0.3 is 14.8 Å². The highest BCUT2D eigenvalue weighted by Gasteiger charge is 2.06. The number of fused-ring (bicyclic) bond motifs is 1. The Labute approximate surface area is 142 Å². The van der Waals surface area contributed by atoms with Crippen LogP contribution in [0.25, 0.3) is 10.8 Å². The zero-order chi connectivity index (χ0) is 16.9. The van der Waals surface area contributed by atoms with Crippen LogP contribution >= 0.6 is 12.0 Å². The topological polar surface area (TPSA) is 87.6 Å². The van der Waals surface area contributed by atoms with Crippen LogP contribution in [-0.2, 0) is 11.4 Å². The number of hydrogen-bond donors (Lipinski definition) is 1. The molecular formula is C17H14N2O4S. The lowest BCUT2D eigenvalue weighted by Crippen LogP contribution is -2.00. The van der Waals surface area contributed by atoms with Crippen molar-refractivity contribution in [3.63, 3.8) is 0 Å². The van der Waals surface area contributed by atoms with Crippen molar-refractivity contribution in [2.24, 2.45) is 0 Å². The number of nitrogens with two attached hydrogens (primary N) is 1. The Balaban J connectivity index is 1.70. The molecule has 122 valence electrons. The number of nitrogen functional groups attached to an aromatic ring is 1. The van der Waals surface area contributed by atoms with E-state index >= 15 is 0 Å². The first-order valence-electron chi connectivity index (χ1n) is 7.11. The van der Waals surface area contributed by atoms with Crippen molar-refractivity contribution >= 4 is 28.5 Å². The van der Waals surface area contributed by atoms with Gasteiger partial charge in [-0.05, 0) is 29.8 Å². The molecule has 0 aliphatic rings. The molecule has 0 radical (unpaired) electrons. The highest BCUT2D eigenvalue weighted by atomic mass is 32.2. The molecule has 0 fully saturated rings. The van der Waals surface area contributed by atoms with Crippen molar-refractivity contribution in [3.05, 3.63) is 76.3 Å². The number of anilines is 1. The van der Waals surface area contributed by atoms with Gasteiger partial charge in [0, 0.05) is 16.5 Å². The summed E-state index contributed by atoms with van der Waals surface area (Å²) >= 11 is 1.24. The van der Waals surface area contributed by atoms with Crippen LogP contribution in [0.1, 0.15) is 5.56 Å². The molecule has 0 aliphatic heterocycles. The Morgan fingerprint density at radius 2 is 1.71 bits per heavy atom. The van der Waals surface area contributed by atoms with Crippen LogP contribution in [0.15, 0.2) is 65.6 Å². The van der Waals surface area contributed by atoms with Crippen molar-refractivity contribution in [2.45, 2.75) is 11.5 Å². The van der Waals surface area contributed by atoms with Crippen LogP contribution < -0.4 is 9.92 Å².